The first-order valence-electron chi connectivity index (χ1n) is 12.3. The van der Waals surface area contributed by atoms with Crippen LogP contribution in [-0.4, -0.2) is 99.9 Å². The molecule has 2 atom stereocenters. The molecule has 182 valence electrons. The van der Waals surface area contributed by atoms with Crippen molar-refractivity contribution in [3.8, 4) is 0 Å². The van der Waals surface area contributed by atoms with Crippen LogP contribution in [0.1, 0.15) is 68.2 Å². The normalized spacial score (nSPS) is 23.0. The molecule has 0 aliphatic carbocycles. The van der Waals surface area contributed by atoms with E-state index in [0.29, 0.717) is 24.4 Å². The van der Waals surface area contributed by atoms with Crippen molar-refractivity contribution < 1.29 is 18.9 Å². The van der Waals surface area contributed by atoms with Crippen LogP contribution in [0.3, 0.4) is 0 Å². The van der Waals surface area contributed by atoms with Crippen molar-refractivity contribution in [2.45, 2.75) is 92.6 Å². The molecule has 30 heavy (non-hydrogen) atoms. The largest absolute Gasteiger partial charge is 0.379 e. The Labute approximate surface area is 187 Å². The molecular weight excluding hydrogens is 380 g/mol. The first kappa shape index (κ1) is 29.8. The summed E-state index contributed by atoms with van der Waals surface area (Å²) < 4.78 is 22.0. The maximum atomic E-state index is 5.69. The Bertz CT molecular complexity index is 353. The fourth-order valence-corrected chi connectivity index (χ4v) is 3.51. The van der Waals surface area contributed by atoms with Crippen LogP contribution in [0, 0.1) is 0 Å². The molecule has 0 spiro atoms. The highest BCUT2D eigenvalue weighted by molar-refractivity contribution is 4.72. The third kappa shape index (κ3) is 17.4. The van der Waals surface area contributed by atoms with Crippen LogP contribution in [0.5, 0.6) is 0 Å². The lowest BCUT2D eigenvalue weighted by molar-refractivity contribution is -0.0698. The van der Waals surface area contributed by atoms with E-state index in [0.717, 1.165) is 78.5 Å². The summed E-state index contributed by atoms with van der Waals surface area (Å²) in [6.45, 7) is 26.7. The summed E-state index contributed by atoms with van der Waals surface area (Å²) in [4.78, 5) is 4.91. The number of ether oxygens (including phenoxy) is 4. The average molecular weight is 433 g/mol. The van der Waals surface area contributed by atoms with Crippen molar-refractivity contribution in [1.82, 2.24) is 9.80 Å². The van der Waals surface area contributed by atoms with Gasteiger partial charge in [0.05, 0.1) is 37.6 Å². The molecule has 0 aromatic heterocycles. The lowest BCUT2D eigenvalue weighted by atomic mass is 10.2. The quantitative estimate of drug-likeness (QED) is 0.485. The van der Waals surface area contributed by atoms with Gasteiger partial charge in [0, 0.05) is 52.5 Å². The van der Waals surface area contributed by atoms with Crippen molar-refractivity contribution in [2.24, 2.45) is 0 Å². The summed E-state index contributed by atoms with van der Waals surface area (Å²) in [6, 6.07) is 0. The predicted octanol–water partition coefficient (Wildman–Crippen LogP) is 4.07. The van der Waals surface area contributed by atoms with Crippen LogP contribution < -0.4 is 0 Å². The Morgan fingerprint density at radius 2 is 1.20 bits per heavy atom. The SMILES string of the molecule is CC.CC(C)OCCCN1CC(C)OC(C)C1.CC(C)OCCCN1CCOCC1. The molecule has 2 unspecified atom stereocenters. The molecule has 0 amide bonds. The van der Waals surface area contributed by atoms with Gasteiger partial charge >= 0.3 is 0 Å². The van der Waals surface area contributed by atoms with Crippen molar-refractivity contribution in [1.29, 1.82) is 0 Å². The molecule has 6 heteroatoms. The summed E-state index contributed by atoms with van der Waals surface area (Å²) in [5.74, 6) is 0. The molecule has 0 aromatic carbocycles. The summed E-state index contributed by atoms with van der Waals surface area (Å²) in [5.41, 5.74) is 0. The zero-order valence-corrected chi connectivity index (χ0v) is 21.3. The van der Waals surface area contributed by atoms with Crippen LogP contribution >= 0.6 is 0 Å². The van der Waals surface area contributed by atoms with Gasteiger partial charge in [-0.1, -0.05) is 13.8 Å². The van der Waals surface area contributed by atoms with Crippen molar-refractivity contribution in [3.63, 3.8) is 0 Å². The highest BCUT2D eigenvalue weighted by Crippen LogP contribution is 2.10. The minimum absolute atomic E-state index is 0.354. The van der Waals surface area contributed by atoms with E-state index in [9.17, 15) is 0 Å². The molecule has 0 N–H and O–H groups in total. The molecule has 2 fully saturated rings. The number of hydrogen-bond donors (Lipinski definition) is 0. The molecule has 2 aliphatic heterocycles. The van der Waals surface area contributed by atoms with E-state index in [1.165, 1.54) is 0 Å². The zero-order valence-electron chi connectivity index (χ0n) is 21.3. The number of rotatable bonds is 10. The molecule has 2 aliphatic rings. The standard InChI is InChI=1S/C12H25NO2.C10H21NO2.C2H6/c1-10(2)14-7-5-6-13-8-11(3)15-12(4)9-13;1-10(2)13-7-3-4-11-5-8-12-9-6-11;1-2/h10-12H,5-9H2,1-4H3;10H,3-9H2,1-2H3;1-2H3. The minimum atomic E-state index is 0.354. The highest BCUT2D eigenvalue weighted by atomic mass is 16.5. The van der Waals surface area contributed by atoms with Gasteiger partial charge in [0.25, 0.3) is 0 Å². The zero-order chi connectivity index (χ0) is 22.8. The van der Waals surface area contributed by atoms with Gasteiger partial charge in [0.15, 0.2) is 0 Å². The molecule has 0 bridgehead atoms. The van der Waals surface area contributed by atoms with Gasteiger partial charge in [-0.15, -0.1) is 0 Å². The van der Waals surface area contributed by atoms with E-state index >= 15 is 0 Å². The third-order valence-electron chi connectivity index (χ3n) is 4.74. The summed E-state index contributed by atoms with van der Waals surface area (Å²) >= 11 is 0. The average Bonchev–Trinajstić information content (AvgIpc) is 2.70. The van der Waals surface area contributed by atoms with Gasteiger partial charge in [0.2, 0.25) is 0 Å². The van der Waals surface area contributed by atoms with E-state index in [2.05, 4.69) is 51.3 Å². The number of nitrogens with zero attached hydrogens (tertiary/aromatic N) is 2. The lowest BCUT2D eigenvalue weighted by Crippen LogP contribution is -2.45. The maximum absolute atomic E-state index is 5.69. The Hall–Kier alpha value is -0.240. The van der Waals surface area contributed by atoms with Gasteiger partial charge in [-0.3, -0.25) is 9.80 Å². The monoisotopic (exact) mass is 432 g/mol. The molecule has 0 saturated carbocycles. The first-order valence-corrected chi connectivity index (χ1v) is 12.3. The fraction of sp³-hybridized carbons (Fsp3) is 1.00. The second kappa shape index (κ2) is 19.4. The Kier molecular flexibility index (Phi) is 19.3. The van der Waals surface area contributed by atoms with Crippen LogP contribution in [-0.2, 0) is 18.9 Å². The second-order valence-corrected chi connectivity index (χ2v) is 8.52. The molecule has 0 aromatic rings. The Morgan fingerprint density at radius 1 is 0.767 bits per heavy atom. The van der Waals surface area contributed by atoms with Crippen LogP contribution in [0.25, 0.3) is 0 Å². The third-order valence-corrected chi connectivity index (χ3v) is 4.74. The van der Waals surface area contributed by atoms with E-state index in [4.69, 9.17) is 18.9 Å². The topological polar surface area (TPSA) is 43.4 Å². The number of morpholine rings is 2. The predicted molar refractivity (Wildman–Crippen MR) is 126 cm³/mol. The fourth-order valence-electron chi connectivity index (χ4n) is 3.51. The van der Waals surface area contributed by atoms with Crippen molar-refractivity contribution >= 4 is 0 Å². The van der Waals surface area contributed by atoms with Crippen LogP contribution in [0.4, 0.5) is 0 Å². The van der Waals surface area contributed by atoms with E-state index in [-0.39, 0.29) is 0 Å². The van der Waals surface area contributed by atoms with E-state index < -0.39 is 0 Å². The summed E-state index contributed by atoms with van der Waals surface area (Å²) in [6.07, 6.45) is 3.73. The molecule has 2 rings (SSSR count). The molecular formula is C24H52N2O4. The Balaban J connectivity index is 0.000000522. The number of hydrogen-bond acceptors (Lipinski definition) is 6. The maximum Gasteiger partial charge on any atom is 0.0678 e. The van der Waals surface area contributed by atoms with E-state index in [1.54, 1.807) is 0 Å². The van der Waals surface area contributed by atoms with Gasteiger partial charge in [0.1, 0.15) is 0 Å². The lowest BCUT2D eigenvalue weighted by Gasteiger charge is -2.35. The molecule has 2 saturated heterocycles. The minimum Gasteiger partial charge on any atom is -0.379 e. The molecule has 6 nitrogen and oxygen atoms in total. The highest BCUT2D eigenvalue weighted by Gasteiger charge is 2.21. The van der Waals surface area contributed by atoms with Crippen LogP contribution in [0.15, 0.2) is 0 Å². The summed E-state index contributed by atoms with van der Waals surface area (Å²) in [5, 5.41) is 0. The van der Waals surface area contributed by atoms with Crippen LogP contribution in [0.2, 0.25) is 0 Å². The molecule has 2 heterocycles. The van der Waals surface area contributed by atoms with Gasteiger partial charge in [-0.05, 0) is 54.4 Å². The van der Waals surface area contributed by atoms with Gasteiger partial charge in [-0.25, -0.2) is 0 Å². The van der Waals surface area contributed by atoms with Gasteiger partial charge < -0.3 is 18.9 Å². The van der Waals surface area contributed by atoms with Crippen molar-refractivity contribution in [2.75, 3.05) is 65.7 Å². The Morgan fingerprint density at radius 3 is 1.63 bits per heavy atom. The second-order valence-electron chi connectivity index (χ2n) is 8.52. The van der Waals surface area contributed by atoms with Crippen molar-refractivity contribution in [3.05, 3.63) is 0 Å². The smallest absolute Gasteiger partial charge is 0.0678 e. The van der Waals surface area contributed by atoms with E-state index in [1.807, 2.05) is 13.8 Å². The molecule has 0 radical (unpaired) electrons. The van der Waals surface area contributed by atoms with Gasteiger partial charge in [-0.2, -0.15) is 0 Å². The first-order chi connectivity index (χ1) is 14.4. The summed E-state index contributed by atoms with van der Waals surface area (Å²) in [7, 11) is 0.